The maximum absolute atomic E-state index is 5.95. The summed E-state index contributed by atoms with van der Waals surface area (Å²) in [5, 5.41) is 0.311. The van der Waals surface area contributed by atoms with E-state index in [9.17, 15) is 0 Å². The van der Waals surface area contributed by atoms with E-state index in [2.05, 4.69) is 61.6 Å². The Morgan fingerprint density at radius 1 is 0.688 bits per heavy atom. The molecule has 0 saturated heterocycles. The Kier molecular flexibility index (Phi) is 2.79. The Balaban J connectivity index is 3.37. The predicted octanol–water partition coefficient (Wildman–Crippen LogP) is 4.69. The minimum absolute atomic E-state index is 0.311. The van der Waals surface area contributed by atoms with Crippen LogP contribution in [0.25, 0.3) is 0 Å². The first-order chi connectivity index (χ1) is 6.81. The van der Waals surface area contributed by atoms with Crippen LogP contribution in [0.3, 0.4) is 0 Å². The fraction of sp³-hybridized carbons (Fsp3) is 1.00. The largest absolute Gasteiger partial charge is 0.420 e. The molecule has 0 aromatic heterocycles. The van der Waals surface area contributed by atoms with Crippen molar-refractivity contribution in [3.63, 3.8) is 0 Å². The van der Waals surface area contributed by atoms with Crippen molar-refractivity contribution in [2.75, 3.05) is 7.11 Å². The van der Waals surface area contributed by atoms with Crippen LogP contribution in [0.2, 0.25) is 18.1 Å². The molecule has 0 spiro atoms. The standard InChI is InChI=1S/C14H30OSi/c1-11(2)12(3,4)14(7,13(11,5)6)16(9,10)15-8/h1-10H3. The second-order valence-corrected chi connectivity index (χ2v) is 12.1. The van der Waals surface area contributed by atoms with E-state index in [0.717, 1.165) is 0 Å². The number of hydrogen-bond acceptors (Lipinski definition) is 1. The second-order valence-electron chi connectivity index (χ2n) is 7.71. The highest BCUT2D eigenvalue weighted by molar-refractivity contribution is 6.75. The Hall–Kier alpha value is 0.177. The first kappa shape index (κ1) is 14.2. The predicted molar refractivity (Wildman–Crippen MR) is 74.2 cm³/mol. The molecular formula is C14H30OSi. The molecule has 0 aliphatic heterocycles. The van der Waals surface area contributed by atoms with Crippen molar-refractivity contribution in [3.05, 3.63) is 0 Å². The van der Waals surface area contributed by atoms with Crippen LogP contribution in [0.4, 0.5) is 0 Å². The zero-order valence-electron chi connectivity index (χ0n) is 12.9. The summed E-state index contributed by atoms with van der Waals surface area (Å²) in [5.74, 6) is 0. The minimum atomic E-state index is -1.68. The van der Waals surface area contributed by atoms with Gasteiger partial charge in [-0.05, 0) is 34.4 Å². The molecule has 0 unspecified atom stereocenters. The average Bonchev–Trinajstić information content (AvgIpc) is 2.14. The molecule has 0 amide bonds. The van der Waals surface area contributed by atoms with Gasteiger partial charge in [0.2, 0.25) is 0 Å². The zero-order valence-corrected chi connectivity index (χ0v) is 13.9. The lowest BCUT2D eigenvalue weighted by molar-refractivity contribution is -0.214. The molecule has 0 radical (unpaired) electrons. The number of hydrogen-bond donors (Lipinski definition) is 0. The van der Waals surface area contributed by atoms with Crippen LogP contribution >= 0.6 is 0 Å². The van der Waals surface area contributed by atoms with Gasteiger partial charge in [0.1, 0.15) is 0 Å². The van der Waals surface area contributed by atoms with Gasteiger partial charge in [0, 0.05) is 7.11 Å². The van der Waals surface area contributed by atoms with Crippen LogP contribution in [-0.4, -0.2) is 15.4 Å². The van der Waals surface area contributed by atoms with E-state index in [1.54, 1.807) is 0 Å². The van der Waals surface area contributed by atoms with Gasteiger partial charge in [-0.15, -0.1) is 0 Å². The van der Waals surface area contributed by atoms with Crippen molar-refractivity contribution >= 4 is 8.32 Å². The lowest BCUT2D eigenvalue weighted by Gasteiger charge is -2.80. The quantitative estimate of drug-likeness (QED) is 0.638. The van der Waals surface area contributed by atoms with E-state index >= 15 is 0 Å². The monoisotopic (exact) mass is 242 g/mol. The van der Waals surface area contributed by atoms with E-state index < -0.39 is 8.32 Å². The Labute approximate surface area is 103 Å². The molecule has 1 saturated carbocycles. The van der Waals surface area contributed by atoms with Gasteiger partial charge >= 0.3 is 0 Å². The summed E-state index contributed by atoms with van der Waals surface area (Å²) in [4.78, 5) is 0. The van der Waals surface area contributed by atoms with E-state index in [1.165, 1.54) is 0 Å². The summed E-state index contributed by atoms with van der Waals surface area (Å²) in [7, 11) is 0.220. The maximum Gasteiger partial charge on any atom is 0.193 e. The lowest BCUT2D eigenvalue weighted by atomic mass is 9.34. The van der Waals surface area contributed by atoms with Gasteiger partial charge in [0.05, 0.1) is 0 Å². The molecule has 1 fully saturated rings. The van der Waals surface area contributed by atoms with Crippen LogP contribution < -0.4 is 0 Å². The summed E-state index contributed by atoms with van der Waals surface area (Å²) < 4.78 is 5.95. The van der Waals surface area contributed by atoms with Crippen LogP contribution in [-0.2, 0) is 4.43 Å². The molecule has 1 nitrogen and oxygen atoms in total. The van der Waals surface area contributed by atoms with Crippen LogP contribution in [0.15, 0.2) is 0 Å². The average molecular weight is 242 g/mol. The van der Waals surface area contributed by atoms with Crippen LogP contribution in [0.5, 0.6) is 0 Å². The Morgan fingerprint density at radius 2 is 1.00 bits per heavy atom. The van der Waals surface area contributed by atoms with Gasteiger partial charge in [0.25, 0.3) is 0 Å². The van der Waals surface area contributed by atoms with Gasteiger partial charge in [-0.25, -0.2) is 0 Å². The molecule has 0 aromatic rings. The molecule has 16 heavy (non-hydrogen) atoms. The minimum Gasteiger partial charge on any atom is -0.420 e. The Morgan fingerprint density at radius 3 is 1.25 bits per heavy atom. The SMILES string of the molecule is CO[Si](C)(C)C1(C)C(C)(C)C(C)(C)C1(C)C. The van der Waals surface area contributed by atoms with Gasteiger partial charge in [-0.1, -0.05) is 48.5 Å². The molecule has 1 aliphatic carbocycles. The molecule has 0 heterocycles. The third-order valence-electron chi connectivity index (χ3n) is 7.34. The molecule has 96 valence electrons. The summed E-state index contributed by atoms with van der Waals surface area (Å²) in [6, 6.07) is 0. The molecule has 2 heteroatoms. The van der Waals surface area contributed by atoms with Gasteiger partial charge in [-0.2, -0.15) is 0 Å². The summed E-state index contributed by atoms with van der Waals surface area (Å²) in [6.07, 6.45) is 0. The highest BCUT2D eigenvalue weighted by Crippen LogP contribution is 2.84. The maximum atomic E-state index is 5.95. The second kappa shape index (κ2) is 3.14. The van der Waals surface area contributed by atoms with Crippen molar-refractivity contribution in [1.82, 2.24) is 0 Å². The van der Waals surface area contributed by atoms with Crippen LogP contribution in [0.1, 0.15) is 48.5 Å². The third kappa shape index (κ3) is 1.06. The summed E-state index contributed by atoms with van der Waals surface area (Å²) in [6.45, 7) is 21.7. The molecule has 0 aromatic carbocycles. The molecule has 0 atom stereocenters. The van der Waals surface area contributed by atoms with Crippen LogP contribution in [0, 0.1) is 16.2 Å². The first-order valence-electron chi connectivity index (χ1n) is 6.36. The highest BCUT2D eigenvalue weighted by atomic mass is 28.4. The van der Waals surface area contributed by atoms with Gasteiger partial charge in [0.15, 0.2) is 8.32 Å². The molecule has 0 N–H and O–H groups in total. The summed E-state index contributed by atoms with van der Waals surface area (Å²) in [5.41, 5.74) is 1.02. The van der Waals surface area contributed by atoms with Crippen molar-refractivity contribution in [2.24, 2.45) is 16.2 Å². The van der Waals surface area contributed by atoms with Crippen molar-refractivity contribution < 1.29 is 4.43 Å². The van der Waals surface area contributed by atoms with E-state index in [4.69, 9.17) is 4.43 Å². The molecule has 0 bridgehead atoms. The normalized spacial score (nSPS) is 29.6. The van der Waals surface area contributed by atoms with Crippen molar-refractivity contribution in [1.29, 1.82) is 0 Å². The fourth-order valence-electron chi connectivity index (χ4n) is 4.46. The number of rotatable bonds is 2. The van der Waals surface area contributed by atoms with Gasteiger partial charge < -0.3 is 4.43 Å². The smallest absolute Gasteiger partial charge is 0.193 e. The Bertz CT molecular complexity index is 282. The molecule has 1 aliphatic rings. The zero-order chi connectivity index (χ0) is 13.2. The van der Waals surface area contributed by atoms with E-state index in [-0.39, 0.29) is 0 Å². The summed E-state index contributed by atoms with van der Waals surface area (Å²) >= 11 is 0. The van der Waals surface area contributed by atoms with Crippen molar-refractivity contribution in [3.8, 4) is 0 Å². The topological polar surface area (TPSA) is 9.23 Å². The van der Waals surface area contributed by atoms with Crippen molar-refractivity contribution in [2.45, 2.75) is 66.6 Å². The van der Waals surface area contributed by atoms with Gasteiger partial charge in [-0.3, -0.25) is 0 Å². The van der Waals surface area contributed by atoms with E-state index in [0.29, 0.717) is 21.3 Å². The lowest BCUT2D eigenvalue weighted by Crippen LogP contribution is -2.75. The van der Waals surface area contributed by atoms with E-state index in [1.807, 2.05) is 7.11 Å². The fourth-order valence-corrected chi connectivity index (χ4v) is 8.50. The molecular weight excluding hydrogens is 212 g/mol. The molecule has 1 rings (SSSR count). The first-order valence-corrected chi connectivity index (χ1v) is 9.27. The third-order valence-corrected chi connectivity index (χ3v) is 12.0. The highest BCUT2D eigenvalue weighted by Gasteiger charge is 2.78.